The van der Waals surface area contributed by atoms with Gasteiger partial charge in [-0.3, -0.25) is 14.2 Å². The molecule has 0 unspecified atom stereocenters. The number of nitrogens with one attached hydrogen (secondary N) is 2. The summed E-state index contributed by atoms with van der Waals surface area (Å²) < 4.78 is 45.7. The first-order chi connectivity index (χ1) is 17.7. The van der Waals surface area contributed by atoms with Crippen molar-refractivity contribution >= 4 is 22.9 Å². The molecule has 0 radical (unpaired) electrons. The Kier molecular flexibility index (Phi) is 7.42. The number of carbonyl (C=O) groups is 1. The molecule has 1 amide bonds. The summed E-state index contributed by atoms with van der Waals surface area (Å²) in [5.74, 6) is 0.753. The van der Waals surface area contributed by atoms with E-state index in [1.54, 1.807) is 49.6 Å². The summed E-state index contributed by atoms with van der Waals surface area (Å²) in [7, 11) is 1.54. The lowest BCUT2D eigenvalue weighted by Gasteiger charge is -2.14. The number of fused-ring (bicyclic) bond motifs is 1. The molecule has 0 aliphatic carbocycles. The van der Waals surface area contributed by atoms with Gasteiger partial charge in [0.05, 0.1) is 12.7 Å². The predicted octanol–water partition coefficient (Wildman–Crippen LogP) is 4.23. The number of halogens is 3. The van der Waals surface area contributed by atoms with Crippen LogP contribution in [0, 0.1) is 0 Å². The summed E-state index contributed by atoms with van der Waals surface area (Å²) in [6.45, 7) is 1.81. The number of rotatable bonds is 8. The number of nitrogens with zero attached hydrogens (tertiary/aromatic N) is 3. The molecule has 2 aromatic carbocycles. The normalized spacial score (nSPS) is 11.4. The van der Waals surface area contributed by atoms with Crippen LogP contribution in [0.15, 0.2) is 65.5 Å². The van der Waals surface area contributed by atoms with Gasteiger partial charge in [-0.2, -0.15) is 13.2 Å². The van der Waals surface area contributed by atoms with Crippen LogP contribution in [0.25, 0.3) is 22.4 Å². The maximum absolute atomic E-state index is 13.4. The molecule has 0 spiro atoms. The van der Waals surface area contributed by atoms with E-state index in [4.69, 9.17) is 4.74 Å². The van der Waals surface area contributed by atoms with Gasteiger partial charge in [-0.1, -0.05) is 12.1 Å². The molecule has 0 saturated heterocycles. The number of benzene rings is 2. The van der Waals surface area contributed by atoms with Crippen molar-refractivity contribution in [3.05, 3.63) is 82.1 Å². The highest BCUT2D eigenvalue weighted by Crippen LogP contribution is 2.29. The third-order valence-corrected chi connectivity index (χ3v) is 5.59. The van der Waals surface area contributed by atoms with Crippen LogP contribution in [-0.2, 0) is 24.1 Å². The fraction of sp³-hybridized carbons (Fsp3) is 0.231. The van der Waals surface area contributed by atoms with Gasteiger partial charge in [-0.15, -0.1) is 0 Å². The molecular weight excluding hydrogens is 487 g/mol. The number of pyridine rings is 1. The maximum atomic E-state index is 13.4. The maximum Gasteiger partial charge on any atom is 0.416 e. The van der Waals surface area contributed by atoms with Crippen molar-refractivity contribution in [1.29, 1.82) is 0 Å². The minimum atomic E-state index is -4.44. The number of hydrogen-bond donors (Lipinski definition) is 2. The molecule has 0 aliphatic rings. The van der Waals surface area contributed by atoms with Crippen LogP contribution in [0.4, 0.5) is 19.0 Å². The molecule has 2 heterocycles. The second kappa shape index (κ2) is 10.7. The lowest BCUT2D eigenvalue weighted by atomic mass is 10.1. The Hall–Kier alpha value is -4.41. The minimum absolute atomic E-state index is 0.0932. The molecule has 4 rings (SSSR count). The SMILES string of the molecule is COc1ccc(-c2nc3ccc(NCc4cccc(C(F)(F)F)c4)nc3n(CCNC(C)=O)c2=O)cc1. The molecular formula is C26H24F3N5O3. The number of alkyl halides is 3. The van der Waals surface area contributed by atoms with Crippen LogP contribution in [0.3, 0.4) is 0 Å². The molecule has 37 heavy (non-hydrogen) atoms. The Morgan fingerprint density at radius 2 is 1.81 bits per heavy atom. The fourth-order valence-corrected chi connectivity index (χ4v) is 3.76. The average molecular weight is 512 g/mol. The van der Waals surface area contributed by atoms with Crippen LogP contribution in [0.2, 0.25) is 0 Å². The van der Waals surface area contributed by atoms with Gasteiger partial charge < -0.3 is 15.4 Å². The number of carbonyl (C=O) groups excluding carboxylic acids is 1. The van der Waals surface area contributed by atoms with Gasteiger partial charge >= 0.3 is 6.18 Å². The van der Waals surface area contributed by atoms with Crippen LogP contribution < -0.4 is 20.9 Å². The van der Waals surface area contributed by atoms with Crippen molar-refractivity contribution in [1.82, 2.24) is 19.9 Å². The Balaban J connectivity index is 1.69. The highest BCUT2D eigenvalue weighted by atomic mass is 19.4. The molecule has 0 fully saturated rings. The number of amides is 1. The summed E-state index contributed by atoms with van der Waals surface area (Å²) in [6, 6.07) is 15.2. The Bertz CT molecular complexity index is 1480. The third kappa shape index (κ3) is 6.05. The largest absolute Gasteiger partial charge is 0.497 e. The van der Waals surface area contributed by atoms with E-state index >= 15 is 0 Å². The summed E-state index contributed by atoms with van der Waals surface area (Å²) in [4.78, 5) is 33.8. The minimum Gasteiger partial charge on any atom is -0.497 e. The van der Waals surface area contributed by atoms with E-state index in [9.17, 15) is 22.8 Å². The van der Waals surface area contributed by atoms with Crippen molar-refractivity contribution in [2.45, 2.75) is 26.2 Å². The second-order valence-electron chi connectivity index (χ2n) is 8.22. The number of ether oxygens (including phenoxy) is 1. The number of hydrogen-bond acceptors (Lipinski definition) is 6. The Labute approximate surface area is 210 Å². The molecule has 0 saturated carbocycles. The monoisotopic (exact) mass is 511 g/mol. The predicted molar refractivity (Wildman–Crippen MR) is 133 cm³/mol. The number of anilines is 1. The van der Waals surface area contributed by atoms with Crippen molar-refractivity contribution < 1.29 is 22.7 Å². The molecule has 0 atom stereocenters. The molecule has 8 nitrogen and oxygen atoms in total. The molecule has 0 bridgehead atoms. The fourth-order valence-electron chi connectivity index (χ4n) is 3.76. The van der Waals surface area contributed by atoms with E-state index in [-0.39, 0.29) is 36.9 Å². The zero-order chi connectivity index (χ0) is 26.6. The third-order valence-electron chi connectivity index (χ3n) is 5.59. The van der Waals surface area contributed by atoms with Crippen LogP contribution in [0.5, 0.6) is 5.75 Å². The zero-order valence-corrected chi connectivity index (χ0v) is 20.1. The Morgan fingerprint density at radius 3 is 2.49 bits per heavy atom. The van der Waals surface area contributed by atoms with Crippen LogP contribution in [-0.4, -0.2) is 34.1 Å². The zero-order valence-electron chi connectivity index (χ0n) is 20.1. The first-order valence-electron chi connectivity index (χ1n) is 11.4. The molecule has 11 heteroatoms. The van der Waals surface area contributed by atoms with Gasteiger partial charge in [0.15, 0.2) is 5.65 Å². The highest BCUT2D eigenvalue weighted by molar-refractivity contribution is 5.76. The highest BCUT2D eigenvalue weighted by Gasteiger charge is 2.30. The van der Waals surface area contributed by atoms with Crippen molar-refractivity contribution in [3.8, 4) is 17.0 Å². The Morgan fingerprint density at radius 1 is 1.05 bits per heavy atom. The van der Waals surface area contributed by atoms with E-state index in [0.29, 0.717) is 28.2 Å². The average Bonchev–Trinajstić information content (AvgIpc) is 2.88. The molecule has 0 aliphatic heterocycles. The van der Waals surface area contributed by atoms with E-state index in [2.05, 4.69) is 20.6 Å². The lowest BCUT2D eigenvalue weighted by molar-refractivity contribution is -0.137. The standard InChI is InChI=1S/C26H24F3N5O3/c1-16(35)30-12-13-34-24-21(32-23(25(34)36)18-6-8-20(37-2)9-7-18)10-11-22(33-24)31-15-17-4-3-5-19(14-17)26(27,28)29/h3-11,14H,12-13,15H2,1-2H3,(H,30,35)(H,31,33). The topological polar surface area (TPSA) is 98.1 Å². The molecule has 192 valence electrons. The lowest BCUT2D eigenvalue weighted by Crippen LogP contribution is -2.31. The van der Waals surface area contributed by atoms with Crippen LogP contribution in [0.1, 0.15) is 18.1 Å². The van der Waals surface area contributed by atoms with E-state index in [0.717, 1.165) is 12.1 Å². The number of aromatic nitrogens is 3. The first kappa shape index (κ1) is 25.7. The number of methoxy groups -OCH3 is 1. The van der Waals surface area contributed by atoms with Crippen LogP contribution >= 0.6 is 0 Å². The van der Waals surface area contributed by atoms with Gasteiger partial charge in [0.1, 0.15) is 22.8 Å². The van der Waals surface area contributed by atoms with Gasteiger partial charge in [-0.25, -0.2) is 9.97 Å². The van der Waals surface area contributed by atoms with E-state index in [1.165, 1.54) is 17.6 Å². The second-order valence-corrected chi connectivity index (χ2v) is 8.22. The van der Waals surface area contributed by atoms with Crippen molar-refractivity contribution in [2.75, 3.05) is 19.0 Å². The van der Waals surface area contributed by atoms with E-state index in [1.807, 2.05) is 0 Å². The van der Waals surface area contributed by atoms with Gasteiger partial charge in [0.2, 0.25) is 5.91 Å². The van der Waals surface area contributed by atoms with Gasteiger partial charge in [-0.05, 0) is 54.1 Å². The quantitative estimate of drug-likeness (QED) is 0.367. The van der Waals surface area contributed by atoms with Crippen molar-refractivity contribution in [2.24, 2.45) is 0 Å². The summed E-state index contributed by atoms with van der Waals surface area (Å²) in [6.07, 6.45) is -4.44. The molecule has 4 aromatic rings. The first-order valence-corrected chi connectivity index (χ1v) is 11.4. The van der Waals surface area contributed by atoms with E-state index < -0.39 is 17.3 Å². The van der Waals surface area contributed by atoms with Gasteiger partial charge in [0, 0.05) is 32.1 Å². The molecule has 2 N–H and O–H groups in total. The smallest absolute Gasteiger partial charge is 0.416 e. The summed E-state index contributed by atoms with van der Waals surface area (Å²) in [5.41, 5.74) is 0.815. The molecule has 2 aromatic heterocycles. The van der Waals surface area contributed by atoms with Crippen molar-refractivity contribution in [3.63, 3.8) is 0 Å². The summed E-state index contributed by atoms with van der Waals surface area (Å²) >= 11 is 0. The summed E-state index contributed by atoms with van der Waals surface area (Å²) in [5, 5.41) is 5.67. The van der Waals surface area contributed by atoms with Gasteiger partial charge in [0.25, 0.3) is 5.56 Å².